The SMILES string of the molecule is CS(=O)(=O)N(CC(=O)N/N=C\c1ccncc1)c1cccc(Br)c1. The van der Waals surface area contributed by atoms with E-state index in [-0.39, 0.29) is 6.54 Å². The third-order valence-corrected chi connectivity index (χ3v) is 4.53. The Morgan fingerprint density at radius 3 is 2.67 bits per heavy atom. The normalized spacial score (nSPS) is 11.4. The fraction of sp³-hybridized carbons (Fsp3) is 0.133. The van der Waals surface area contributed by atoms with E-state index in [0.717, 1.165) is 16.1 Å². The topological polar surface area (TPSA) is 91.7 Å². The van der Waals surface area contributed by atoms with Crippen molar-refractivity contribution in [3.63, 3.8) is 0 Å². The van der Waals surface area contributed by atoms with Gasteiger partial charge >= 0.3 is 0 Å². The van der Waals surface area contributed by atoms with Crippen molar-refractivity contribution in [1.82, 2.24) is 10.4 Å². The van der Waals surface area contributed by atoms with Crippen molar-refractivity contribution in [2.45, 2.75) is 0 Å². The molecule has 0 saturated heterocycles. The number of nitrogens with one attached hydrogen (secondary N) is 1. The average molecular weight is 411 g/mol. The first-order chi connectivity index (χ1) is 11.4. The second kappa shape index (κ2) is 8.02. The number of sulfonamides is 1. The van der Waals surface area contributed by atoms with Crippen molar-refractivity contribution in [3.05, 3.63) is 58.8 Å². The molecular formula is C15H15BrN4O3S. The molecule has 1 N–H and O–H groups in total. The van der Waals surface area contributed by atoms with Gasteiger partial charge in [0.1, 0.15) is 6.54 Å². The maximum atomic E-state index is 12.0. The quantitative estimate of drug-likeness (QED) is 0.579. The number of halogens is 1. The molecule has 0 aliphatic heterocycles. The van der Waals surface area contributed by atoms with Gasteiger partial charge in [0.05, 0.1) is 18.2 Å². The molecule has 0 bridgehead atoms. The molecule has 1 aromatic carbocycles. The summed E-state index contributed by atoms with van der Waals surface area (Å²) in [5.74, 6) is -0.550. The molecule has 2 aromatic rings. The summed E-state index contributed by atoms with van der Waals surface area (Å²) in [6, 6.07) is 10.1. The van der Waals surface area contributed by atoms with Crippen molar-refractivity contribution in [2.75, 3.05) is 17.1 Å². The number of benzene rings is 1. The summed E-state index contributed by atoms with van der Waals surface area (Å²) in [6.07, 6.45) is 5.69. The first-order valence-corrected chi connectivity index (χ1v) is 9.45. The van der Waals surface area contributed by atoms with Crippen LogP contribution in [0.5, 0.6) is 0 Å². The Balaban J connectivity index is 2.07. The Labute approximate surface area is 148 Å². The summed E-state index contributed by atoms with van der Waals surface area (Å²) in [4.78, 5) is 15.9. The van der Waals surface area contributed by atoms with Gasteiger partial charge in [-0.2, -0.15) is 5.10 Å². The number of rotatable bonds is 6. The fourth-order valence-corrected chi connectivity index (χ4v) is 3.06. The van der Waals surface area contributed by atoms with E-state index in [1.165, 1.54) is 6.21 Å². The lowest BCUT2D eigenvalue weighted by atomic mass is 10.3. The molecule has 0 radical (unpaired) electrons. The molecule has 0 unspecified atom stereocenters. The molecule has 7 nitrogen and oxygen atoms in total. The molecule has 1 heterocycles. The zero-order chi connectivity index (χ0) is 17.6. The third kappa shape index (κ3) is 5.43. The highest BCUT2D eigenvalue weighted by atomic mass is 79.9. The molecule has 0 spiro atoms. The molecule has 1 amide bonds. The van der Waals surface area contributed by atoms with Crippen LogP contribution in [0.4, 0.5) is 5.69 Å². The molecule has 24 heavy (non-hydrogen) atoms. The van der Waals surface area contributed by atoms with Crippen LogP contribution in [0.1, 0.15) is 5.56 Å². The molecule has 1 aromatic heterocycles. The number of anilines is 1. The van der Waals surface area contributed by atoms with E-state index in [1.807, 2.05) is 0 Å². The van der Waals surface area contributed by atoms with Gasteiger partial charge in [-0.1, -0.05) is 22.0 Å². The second-order valence-corrected chi connectivity index (χ2v) is 7.65. The number of hydrogen-bond donors (Lipinski definition) is 1. The van der Waals surface area contributed by atoms with Crippen LogP contribution < -0.4 is 9.73 Å². The minimum absolute atomic E-state index is 0.372. The van der Waals surface area contributed by atoms with E-state index in [0.29, 0.717) is 10.2 Å². The van der Waals surface area contributed by atoms with Gasteiger partial charge in [-0.15, -0.1) is 0 Å². The van der Waals surface area contributed by atoms with Crippen molar-refractivity contribution >= 4 is 43.8 Å². The fourth-order valence-electron chi connectivity index (χ4n) is 1.83. The van der Waals surface area contributed by atoms with Crippen LogP contribution in [0.15, 0.2) is 58.4 Å². The van der Waals surface area contributed by atoms with E-state index in [4.69, 9.17) is 0 Å². The number of carbonyl (C=O) groups excluding carboxylic acids is 1. The van der Waals surface area contributed by atoms with Crippen LogP contribution in [0.2, 0.25) is 0 Å². The van der Waals surface area contributed by atoms with Gasteiger partial charge in [-0.05, 0) is 35.9 Å². The molecule has 126 valence electrons. The maximum Gasteiger partial charge on any atom is 0.260 e. The van der Waals surface area contributed by atoms with E-state index in [9.17, 15) is 13.2 Å². The van der Waals surface area contributed by atoms with Gasteiger partial charge < -0.3 is 0 Å². The number of carbonyl (C=O) groups is 1. The highest BCUT2D eigenvalue weighted by Crippen LogP contribution is 2.21. The number of hydrazone groups is 1. The first kappa shape index (κ1) is 18.1. The van der Waals surface area contributed by atoms with Crippen LogP contribution >= 0.6 is 15.9 Å². The van der Waals surface area contributed by atoms with Crippen molar-refractivity contribution in [2.24, 2.45) is 5.10 Å². The first-order valence-electron chi connectivity index (χ1n) is 6.81. The van der Waals surface area contributed by atoms with Crippen molar-refractivity contribution in [1.29, 1.82) is 0 Å². The Morgan fingerprint density at radius 2 is 2.04 bits per heavy atom. The summed E-state index contributed by atoms with van der Waals surface area (Å²) in [5, 5.41) is 3.80. The molecule has 9 heteroatoms. The van der Waals surface area contributed by atoms with Gasteiger partial charge in [-0.25, -0.2) is 13.8 Å². The van der Waals surface area contributed by atoms with Gasteiger partial charge in [0, 0.05) is 16.9 Å². The van der Waals surface area contributed by atoms with E-state index in [1.54, 1.807) is 48.8 Å². The molecule has 0 aliphatic carbocycles. The summed E-state index contributed by atoms with van der Waals surface area (Å²) >= 11 is 3.28. The summed E-state index contributed by atoms with van der Waals surface area (Å²) in [5.41, 5.74) is 3.46. The van der Waals surface area contributed by atoms with Gasteiger partial charge in [0.2, 0.25) is 10.0 Å². The Bertz CT molecular complexity index is 841. The molecule has 0 aliphatic rings. The highest BCUT2D eigenvalue weighted by molar-refractivity contribution is 9.10. The lowest BCUT2D eigenvalue weighted by molar-refractivity contribution is -0.119. The molecule has 2 rings (SSSR count). The zero-order valence-corrected chi connectivity index (χ0v) is 15.2. The van der Waals surface area contributed by atoms with Gasteiger partial charge in [0.25, 0.3) is 5.91 Å². The number of pyridine rings is 1. The van der Waals surface area contributed by atoms with E-state index < -0.39 is 15.9 Å². The third-order valence-electron chi connectivity index (χ3n) is 2.89. The summed E-state index contributed by atoms with van der Waals surface area (Å²) in [7, 11) is -3.62. The second-order valence-electron chi connectivity index (χ2n) is 4.82. The number of hydrogen-bond acceptors (Lipinski definition) is 5. The van der Waals surface area contributed by atoms with E-state index in [2.05, 4.69) is 31.4 Å². The van der Waals surface area contributed by atoms with Gasteiger partial charge in [0.15, 0.2) is 0 Å². The Morgan fingerprint density at radius 1 is 1.33 bits per heavy atom. The number of aromatic nitrogens is 1. The van der Waals surface area contributed by atoms with Crippen LogP contribution in [-0.2, 0) is 14.8 Å². The lowest BCUT2D eigenvalue weighted by Gasteiger charge is -2.21. The molecule has 0 fully saturated rings. The van der Waals surface area contributed by atoms with Crippen molar-refractivity contribution < 1.29 is 13.2 Å². The molecule has 0 saturated carbocycles. The predicted molar refractivity (Wildman–Crippen MR) is 96.3 cm³/mol. The highest BCUT2D eigenvalue weighted by Gasteiger charge is 2.20. The maximum absolute atomic E-state index is 12.0. The van der Waals surface area contributed by atoms with E-state index >= 15 is 0 Å². The van der Waals surface area contributed by atoms with Crippen LogP contribution in [0.3, 0.4) is 0 Å². The smallest absolute Gasteiger partial charge is 0.260 e. The molecule has 0 atom stereocenters. The van der Waals surface area contributed by atoms with Crippen LogP contribution in [0, 0.1) is 0 Å². The summed E-state index contributed by atoms with van der Waals surface area (Å²) in [6.45, 7) is -0.372. The predicted octanol–water partition coefficient (Wildman–Crippen LogP) is 1.76. The largest absolute Gasteiger partial charge is 0.271 e. The van der Waals surface area contributed by atoms with Crippen molar-refractivity contribution in [3.8, 4) is 0 Å². The Hall–Kier alpha value is -2.26. The van der Waals surface area contributed by atoms with Crippen LogP contribution in [0.25, 0.3) is 0 Å². The van der Waals surface area contributed by atoms with Gasteiger partial charge in [-0.3, -0.25) is 14.1 Å². The molecular weight excluding hydrogens is 396 g/mol. The minimum Gasteiger partial charge on any atom is -0.271 e. The summed E-state index contributed by atoms with van der Waals surface area (Å²) < 4.78 is 25.6. The Kier molecular flexibility index (Phi) is 6.04. The zero-order valence-electron chi connectivity index (χ0n) is 12.8. The lowest BCUT2D eigenvalue weighted by Crippen LogP contribution is -2.39. The monoisotopic (exact) mass is 410 g/mol. The number of amides is 1. The standard InChI is InChI=1S/C15H15BrN4O3S/c1-24(22,23)20(14-4-2-3-13(16)9-14)11-15(21)19-18-10-12-5-7-17-8-6-12/h2-10H,11H2,1H3,(H,19,21)/b18-10-. The minimum atomic E-state index is -3.62. The number of nitrogens with zero attached hydrogens (tertiary/aromatic N) is 3. The average Bonchev–Trinajstić information content (AvgIpc) is 2.52. The van der Waals surface area contributed by atoms with Crippen LogP contribution in [-0.4, -0.2) is 38.3 Å².